The first-order valence-electron chi connectivity index (χ1n) is 8.90. The number of hydrogen-bond donors (Lipinski definition) is 2. The minimum absolute atomic E-state index is 0.0152. The fourth-order valence-electron chi connectivity index (χ4n) is 3.20. The third-order valence-corrected chi connectivity index (χ3v) is 4.82. The van der Waals surface area contributed by atoms with Crippen LogP contribution in [0.5, 0.6) is 5.75 Å². The molecule has 0 radical (unpaired) electrons. The molecular formula is C20H24N2O3. The molecule has 1 aromatic rings. The Morgan fingerprint density at radius 3 is 2.76 bits per heavy atom. The largest absolute Gasteiger partial charge is 0.494 e. The molecule has 0 spiro atoms. The van der Waals surface area contributed by atoms with Crippen molar-refractivity contribution < 1.29 is 14.3 Å². The van der Waals surface area contributed by atoms with E-state index >= 15 is 0 Å². The zero-order valence-electron chi connectivity index (χ0n) is 14.3. The summed E-state index contributed by atoms with van der Waals surface area (Å²) in [6.45, 7) is 1.70. The van der Waals surface area contributed by atoms with E-state index in [4.69, 9.17) is 11.2 Å². The molecular weight excluding hydrogens is 316 g/mol. The first kappa shape index (κ1) is 17.3. The molecule has 5 heteroatoms. The first-order chi connectivity index (χ1) is 12.2. The molecule has 2 amide bonds. The number of terminal acetylenes is 1. The van der Waals surface area contributed by atoms with Crippen molar-refractivity contribution in [3.63, 3.8) is 0 Å². The standard InChI is InChI=1S/C20H24N2O3/c1-2-6-15-13-22-20(24)18-12-17(18)19(23)21-9-3-4-10-25-16-8-5-7-14(15)11-16/h1,5,7-8,11,15,17-18H,3-4,6,9-10,12-13H2,(H,21,23)(H,22,24). The number of fused-ring (bicyclic) bond motifs is 3. The van der Waals surface area contributed by atoms with Crippen LogP contribution in [-0.2, 0) is 9.59 Å². The van der Waals surface area contributed by atoms with E-state index in [9.17, 15) is 9.59 Å². The van der Waals surface area contributed by atoms with Gasteiger partial charge < -0.3 is 15.4 Å². The van der Waals surface area contributed by atoms with Crippen LogP contribution in [0.4, 0.5) is 0 Å². The molecule has 3 atom stereocenters. The summed E-state index contributed by atoms with van der Waals surface area (Å²) < 4.78 is 5.80. The number of benzene rings is 1. The number of hydrogen-bond acceptors (Lipinski definition) is 3. The van der Waals surface area contributed by atoms with E-state index in [0.717, 1.165) is 24.2 Å². The number of amides is 2. The SMILES string of the molecule is C#CCC1CNC(=O)C2CC2C(=O)NCCCCOc2cccc1c2. The molecule has 0 saturated heterocycles. The van der Waals surface area contributed by atoms with Crippen molar-refractivity contribution in [3.05, 3.63) is 29.8 Å². The molecule has 0 aromatic heterocycles. The van der Waals surface area contributed by atoms with Crippen LogP contribution in [0.25, 0.3) is 0 Å². The van der Waals surface area contributed by atoms with Crippen LogP contribution in [0.2, 0.25) is 0 Å². The third-order valence-electron chi connectivity index (χ3n) is 4.82. The molecule has 1 aliphatic carbocycles. The van der Waals surface area contributed by atoms with Gasteiger partial charge in [-0.2, -0.15) is 0 Å². The zero-order chi connectivity index (χ0) is 17.6. The van der Waals surface area contributed by atoms with E-state index in [1.54, 1.807) is 0 Å². The maximum Gasteiger partial charge on any atom is 0.223 e. The summed E-state index contributed by atoms with van der Waals surface area (Å²) in [6, 6.07) is 7.89. The van der Waals surface area contributed by atoms with E-state index in [-0.39, 0.29) is 29.6 Å². The van der Waals surface area contributed by atoms with Gasteiger partial charge in [0.05, 0.1) is 18.4 Å². The normalized spacial score (nSPS) is 27.1. The maximum absolute atomic E-state index is 12.3. The lowest BCUT2D eigenvalue weighted by molar-refractivity contribution is -0.127. The second kappa shape index (κ2) is 8.06. The molecule has 132 valence electrons. The average Bonchev–Trinajstić information content (AvgIpc) is 3.41. The highest BCUT2D eigenvalue weighted by atomic mass is 16.5. The summed E-state index contributed by atoms with van der Waals surface area (Å²) in [5.74, 6) is 3.08. The van der Waals surface area contributed by atoms with Gasteiger partial charge in [-0.3, -0.25) is 9.59 Å². The predicted molar refractivity (Wildman–Crippen MR) is 95.0 cm³/mol. The third kappa shape index (κ3) is 4.54. The van der Waals surface area contributed by atoms with E-state index < -0.39 is 0 Å². The van der Waals surface area contributed by atoms with Crippen molar-refractivity contribution in [2.45, 2.75) is 31.6 Å². The predicted octanol–water partition coefficient (Wildman–Crippen LogP) is 1.83. The molecule has 2 N–H and O–H groups in total. The summed E-state index contributed by atoms with van der Waals surface area (Å²) in [5.41, 5.74) is 1.06. The van der Waals surface area contributed by atoms with Crippen LogP contribution < -0.4 is 15.4 Å². The van der Waals surface area contributed by atoms with Crippen molar-refractivity contribution in [2.24, 2.45) is 11.8 Å². The number of ether oxygens (including phenoxy) is 1. The van der Waals surface area contributed by atoms with Crippen LogP contribution in [0.1, 0.15) is 37.2 Å². The second-order valence-electron chi connectivity index (χ2n) is 6.72. The Bertz CT molecular complexity index is 680. The average molecular weight is 340 g/mol. The molecule has 5 nitrogen and oxygen atoms in total. The maximum atomic E-state index is 12.3. The topological polar surface area (TPSA) is 67.4 Å². The number of carbonyl (C=O) groups is 2. The van der Waals surface area contributed by atoms with E-state index in [0.29, 0.717) is 32.5 Å². The van der Waals surface area contributed by atoms with Crippen LogP contribution in [0.3, 0.4) is 0 Å². The molecule has 2 bridgehead atoms. The van der Waals surface area contributed by atoms with Gasteiger partial charge in [0, 0.05) is 25.4 Å². The number of carbonyl (C=O) groups excluding carboxylic acids is 2. The minimum Gasteiger partial charge on any atom is -0.494 e. The fourth-order valence-corrected chi connectivity index (χ4v) is 3.20. The molecule has 2 aliphatic rings. The monoisotopic (exact) mass is 340 g/mol. The molecule has 25 heavy (non-hydrogen) atoms. The van der Waals surface area contributed by atoms with Crippen molar-refractivity contribution >= 4 is 11.8 Å². The van der Waals surface area contributed by atoms with Gasteiger partial charge in [-0.25, -0.2) is 0 Å². The lowest BCUT2D eigenvalue weighted by atomic mass is 9.95. The molecule has 1 aliphatic heterocycles. The lowest BCUT2D eigenvalue weighted by Gasteiger charge is -2.17. The van der Waals surface area contributed by atoms with E-state index in [1.165, 1.54) is 0 Å². The van der Waals surface area contributed by atoms with E-state index in [1.807, 2.05) is 24.3 Å². The fraction of sp³-hybridized carbons (Fsp3) is 0.500. The molecule has 3 unspecified atom stereocenters. The quantitative estimate of drug-likeness (QED) is 0.767. The summed E-state index contributed by atoms with van der Waals surface area (Å²) in [5, 5.41) is 5.88. The first-order valence-corrected chi connectivity index (χ1v) is 8.90. The molecule has 1 saturated carbocycles. The Kier molecular flexibility index (Phi) is 5.60. The highest BCUT2D eigenvalue weighted by Gasteiger charge is 2.47. The van der Waals surface area contributed by atoms with Crippen LogP contribution in [0.15, 0.2) is 24.3 Å². The van der Waals surface area contributed by atoms with Gasteiger partial charge in [-0.05, 0) is 37.0 Å². The highest BCUT2D eigenvalue weighted by molar-refractivity contribution is 5.92. The number of rotatable bonds is 1. The second-order valence-corrected chi connectivity index (χ2v) is 6.72. The summed E-state index contributed by atoms with van der Waals surface area (Å²) in [6.07, 6.45) is 8.40. The van der Waals surface area contributed by atoms with Gasteiger partial charge in [0.2, 0.25) is 11.8 Å². The van der Waals surface area contributed by atoms with Gasteiger partial charge >= 0.3 is 0 Å². The lowest BCUT2D eigenvalue weighted by Crippen LogP contribution is -2.33. The van der Waals surface area contributed by atoms with Gasteiger partial charge in [0.1, 0.15) is 5.75 Å². The van der Waals surface area contributed by atoms with Gasteiger partial charge in [-0.15, -0.1) is 12.3 Å². The number of nitrogens with one attached hydrogen (secondary N) is 2. The molecule has 1 fully saturated rings. The minimum atomic E-state index is -0.200. The molecule has 3 rings (SSSR count). The van der Waals surface area contributed by atoms with Gasteiger partial charge in [0.15, 0.2) is 0 Å². The zero-order valence-corrected chi connectivity index (χ0v) is 14.3. The summed E-state index contributed by atoms with van der Waals surface area (Å²) in [4.78, 5) is 24.3. The Morgan fingerprint density at radius 2 is 1.96 bits per heavy atom. The molecule has 1 heterocycles. The Hall–Kier alpha value is -2.48. The van der Waals surface area contributed by atoms with Crippen molar-refractivity contribution in [1.29, 1.82) is 0 Å². The van der Waals surface area contributed by atoms with E-state index in [2.05, 4.69) is 16.6 Å². The highest BCUT2D eigenvalue weighted by Crippen LogP contribution is 2.39. The van der Waals surface area contributed by atoms with Crippen molar-refractivity contribution in [3.8, 4) is 18.1 Å². The van der Waals surface area contributed by atoms with Crippen LogP contribution >= 0.6 is 0 Å². The molecule has 1 aromatic carbocycles. The van der Waals surface area contributed by atoms with Crippen molar-refractivity contribution in [2.75, 3.05) is 19.7 Å². The Morgan fingerprint density at radius 1 is 1.16 bits per heavy atom. The van der Waals surface area contributed by atoms with Crippen LogP contribution in [0, 0.1) is 24.2 Å². The smallest absolute Gasteiger partial charge is 0.223 e. The Labute approximate surface area is 148 Å². The van der Waals surface area contributed by atoms with Crippen molar-refractivity contribution in [1.82, 2.24) is 10.6 Å². The summed E-state index contributed by atoms with van der Waals surface area (Å²) in [7, 11) is 0. The Balaban J connectivity index is 1.74. The van der Waals surface area contributed by atoms with Gasteiger partial charge in [0.25, 0.3) is 0 Å². The summed E-state index contributed by atoms with van der Waals surface area (Å²) >= 11 is 0. The van der Waals surface area contributed by atoms with Crippen LogP contribution in [-0.4, -0.2) is 31.5 Å². The van der Waals surface area contributed by atoms with Gasteiger partial charge in [-0.1, -0.05) is 12.1 Å².